The molecule has 0 aliphatic carbocycles. The molecule has 17 heavy (non-hydrogen) atoms. The standard InChI is InChI=1S/C11H12BrFN4/c1-3-9-15-10(4-2)17(16-9)11-8(13)5-7(12)6-14-11/h5-6H,3-4H2,1-2H3. The molecule has 0 atom stereocenters. The van der Waals surface area contributed by atoms with Crippen LogP contribution in [0.15, 0.2) is 16.7 Å². The fourth-order valence-corrected chi connectivity index (χ4v) is 1.81. The maximum atomic E-state index is 13.8. The Labute approximate surface area is 107 Å². The maximum absolute atomic E-state index is 13.8. The average Bonchev–Trinajstić information content (AvgIpc) is 2.72. The molecular weight excluding hydrogens is 287 g/mol. The molecule has 4 nitrogen and oxygen atoms in total. The Morgan fingerprint density at radius 3 is 2.71 bits per heavy atom. The first-order valence-corrected chi connectivity index (χ1v) is 6.21. The molecule has 2 heterocycles. The highest BCUT2D eigenvalue weighted by Gasteiger charge is 2.14. The van der Waals surface area contributed by atoms with E-state index in [-0.39, 0.29) is 5.82 Å². The molecule has 0 N–H and O–H groups in total. The van der Waals surface area contributed by atoms with Gasteiger partial charge in [-0.3, -0.25) is 0 Å². The minimum atomic E-state index is -0.415. The zero-order valence-corrected chi connectivity index (χ0v) is 11.2. The minimum absolute atomic E-state index is 0.192. The van der Waals surface area contributed by atoms with Crippen LogP contribution in [-0.4, -0.2) is 19.7 Å². The van der Waals surface area contributed by atoms with Gasteiger partial charge in [0, 0.05) is 23.5 Å². The van der Waals surface area contributed by atoms with Crippen molar-refractivity contribution >= 4 is 15.9 Å². The molecule has 0 amide bonds. The monoisotopic (exact) mass is 298 g/mol. The lowest BCUT2D eigenvalue weighted by molar-refractivity contribution is 0.593. The Morgan fingerprint density at radius 2 is 2.12 bits per heavy atom. The van der Waals surface area contributed by atoms with Gasteiger partial charge < -0.3 is 0 Å². The second-order valence-electron chi connectivity index (χ2n) is 3.52. The molecule has 6 heteroatoms. The summed E-state index contributed by atoms with van der Waals surface area (Å²) in [6.07, 6.45) is 2.95. The Kier molecular flexibility index (Phi) is 3.51. The van der Waals surface area contributed by atoms with Gasteiger partial charge in [0.2, 0.25) is 0 Å². The number of hydrogen-bond donors (Lipinski definition) is 0. The van der Waals surface area contributed by atoms with Crippen molar-refractivity contribution in [3.05, 3.63) is 34.2 Å². The summed E-state index contributed by atoms with van der Waals surface area (Å²) in [7, 11) is 0. The van der Waals surface area contributed by atoms with Crippen LogP contribution in [0.25, 0.3) is 5.82 Å². The van der Waals surface area contributed by atoms with Crippen LogP contribution < -0.4 is 0 Å². The van der Waals surface area contributed by atoms with Crippen molar-refractivity contribution in [2.45, 2.75) is 26.7 Å². The summed E-state index contributed by atoms with van der Waals surface area (Å²) in [4.78, 5) is 8.36. The van der Waals surface area contributed by atoms with Gasteiger partial charge in [0.15, 0.2) is 17.5 Å². The van der Waals surface area contributed by atoms with Gasteiger partial charge in [0.25, 0.3) is 0 Å². The van der Waals surface area contributed by atoms with Crippen LogP contribution in [0.1, 0.15) is 25.5 Å². The van der Waals surface area contributed by atoms with Crippen molar-refractivity contribution in [1.82, 2.24) is 19.7 Å². The zero-order valence-electron chi connectivity index (χ0n) is 9.61. The smallest absolute Gasteiger partial charge is 0.191 e. The number of halogens is 2. The molecule has 0 spiro atoms. The fourth-order valence-electron chi connectivity index (χ4n) is 1.50. The third-order valence-electron chi connectivity index (χ3n) is 2.34. The van der Waals surface area contributed by atoms with Gasteiger partial charge in [-0.1, -0.05) is 13.8 Å². The summed E-state index contributed by atoms with van der Waals surface area (Å²) in [5.41, 5.74) is 0. The molecule has 0 saturated heterocycles. The number of aromatic nitrogens is 4. The highest BCUT2D eigenvalue weighted by atomic mass is 79.9. The Balaban J connectivity index is 2.55. The minimum Gasteiger partial charge on any atom is -0.233 e. The van der Waals surface area contributed by atoms with Gasteiger partial charge >= 0.3 is 0 Å². The molecule has 2 aromatic rings. The van der Waals surface area contributed by atoms with Gasteiger partial charge in [-0.2, -0.15) is 4.68 Å². The van der Waals surface area contributed by atoms with Crippen LogP contribution in [0, 0.1) is 5.82 Å². The summed E-state index contributed by atoms with van der Waals surface area (Å²) in [6.45, 7) is 3.92. The van der Waals surface area contributed by atoms with Crippen LogP contribution in [0.4, 0.5) is 4.39 Å². The van der Waals surface area contributed by atoms with Crippen LogP contribution in [0.3, 0.4) is 0 Å². The van der Waals surface area contributed by atoms with Gasteiger partial charge in [-0.25, -0.2) is 14.4 Å². The second-order valence-corrected chi connectivity index (χ2v) is 4.44. The summed E-state index contributed by atoms with van der Waals surface area (Å²) >= 11 is 3.18. The van der Waals surface area contributed by atoms with E-state index in [4.69, 9.17) is 0 Å². The molecule has 0 radical (unpaired) electrons. The molecule has 0 saturated carbocycles. The molecule has 0 aliphatic rings. The number of rotatable bonds is 3. The Hall–Kier alpha value is -1.30. The lowest BCUT2D eigenvalue weighted by atomic mass is 10.4. The quantitative estimate of drug-likeness (QED) is 0.875. The Morgan fingerprint density at radius 1 is 1.35 bits per heavy atom. The summed E-state index contributed by atoms with van der Waals surface area (Å²) in [6, 6.07) is 1.37. The highest BCUT2D eigenvalue weighted by molar-refractivity contribution is 9.10. The molecule has 0 bridgehead atoms. The SMILES string of the molecule is CCc1nc(CC)n(-c2ncc(Br)cc2F)n1. The van der Waals surface area contributed by atoms with Gasteiger partial charge in [-0.05, 0) is 22.0 Å². The number of pyridine rings is 1. The molecule has 0 aliphatic heterocycles. The van der Waals surface area contributed by atoms with E-state index in [1.54, 1.807) is 6.20 Å². The van der Waals surface area contributed by atoms with Crippen molar-refractivity contribution in [3.63, 3.8) is 0 Å². The molecule has 90 valence electrons. The van der Waals surface area contributed by atoms with E-state index in [1.807, 2.05) is 13.8 Å². The van der Waals surface area contributed by atoms with Gasteiger partial charge in [-0.15, -0.1) is 5.10 Å². The van der Waals surface area contributed by atoms with Crippen molar-refractivity contribution in [2.75, 3.05) is 0 Å². The largest absolute Gasteiger partial charge is 0.233 e. The number of hydrogen-bond acceptors (Lipinski definition) is 3. The van der Waals surface area contributed by atoms with E-state index in [0.29, 0.717) is 16.7 Å². The summed E-state index contributed by atoms with van der Waals surface area (Å²) in [5.74, 6) is 1.19. The van der Waals surface area contributed by atoms with Crippen molar-refractivity contribution in [3.8, 4) is 5.82 Å². The van der Waals surface area contributed by atoms with E-state index in [1.165, 1.54) is 10.7 Å². The molecule has 2 rings (SSSR count). The van der Waals surface area contributed by atoms with E-state index < -0.39 is 5.82 Å². The topological polar surface area (TPSA) is 43.6 Å². The van der Waals surface area contributed by atoms with Crippen molar-refractivity contribution in [1.29, 1.82) is 0 Å². The first kappa shape index (κ1) is 12.2. The maximum Gasteiger partial charge on any atom is 0.191 e. The lowest BCUT2D eigenvalue weighted by Gasteiger charge is -2.04. The second kappa shape index (κ2) is 4.91. The average molecular weight is 299 g/mol. The molecule has 0 unspecified atom stereocenters. The van der Waals surface area contributed by atoms with Gasteiger partial charge in [0.05, 0.1) is 0 Å². The van der Waals surface area contributed by atoms with E-state index >= 15 is 0 Å². The van der Waals surface area contributed by atoms with Crippen molar-refractivity contribution in [2.24, 2.45) is 0 Å². The predicted octanol–water partition coefficient (Wildman–Crippen LogP) is 2.69. The van der Waals surface area contributed by atoms with Gasteiger partial charge in [0.1, 0.15) is 5.82 Å². The molecule has 2 aromatic heterocycles. The van der Waals surface area contributed by atoms with E-state index in [9.17, 15) is 4.39 Å². The first-order chi connectivity index (χ1) is 8.15. The highest BCUT2D eigenvalue weighted by Crippen LogP contribution is 2.16. The summed E-state index contributed by atoms with van der Waals surface area (Å²) < 4.78 is 15.9. The molecular formula is C11H12BrFN4. The fraction of sp³-hybridized carbons (Fsp3) is 0.364. The first-order valence-electron chi connectivity index (χ1n) is 5.42. The Bertz CT molecular complexity index is 538. The van der Waals surface area contributed by atoms with Crippen LogP contribution in [0.2, 0.25) is 0 Å². The van der Waals surface area contributed by atoms with E-state index in [0.717, 1.165) is 12.2 Å². The predicted molar refractivity (Wildman–Crippen MR) is 65.6 cm³/mol. The van der Waals surface area contributed by atoms with Crippen LogP contribution in [0.5, 0.6) is 0 Å². The number of aryl methyl sites for hydroxylation is 2. The molecule has 0 aromatic carbocycles. The van der Waals surface area contributed by atoms with Crippen LogP contribution in [-0.2, 0) is 12.8 Å². The normalized spacial score (nSPS) is 10.8. The van der Waals surface area contributed by atoms with Crippen LogP contribution >= 0.6 is 15.9 Å². The van der Waals surface area contributed by atoms with Crippen molar-refractivity contribution < 1.29 is 4.39 Å². The zero-order chi connectivity index (χ0) is 12.4. The third-order valence-corrected chi connectivity index (χ3v) is 2.77. The van der Waals surface area contributed by atoms with E-state index in [2.05, 4.69) is 31.0 Å². The number of nitrogens with zero attached hydrogens (tertiary/aromatic N) is 4. The summed E-state index contributed by atoms with van der Waals surface area (Å²) in [5, 5.41) is 4.25. The lowest BCUT2D eigenvalue weighted by Crippen LogP contribution is -2.07. The third kappa shape index (κ3) is 2.36. The molecule has 0 fully saturated rings.